The lowest BCUT2D eigenvalue weighted by Crippen LogP contribution is -2.40. The second-order valence-electron chi connectivity index (χ2n) is 5.09. The molecule has 116 valence electrons. The molecule has 1 aromatic rings. The Morgan fingerprint density at radius 3 is 2.33 bits per heavy atom. The van der Waals surface area contributed by atoms with Gasteiger partial charge in [-0.3, -0.25) is 9.59 Å². The Labute approximate surface area is 130 Å². The first-order valence-corrected chi connectivity index (χ1v) is 7.23. The second kappa shape index (κ2) is 8.64. The fourth-order valence-electron chi connectivity index (χ4n) is 1.83. The average Bonchev–Trinajstić information content (AvgIpc) is 2.41. The Kier molecular flexibility index (Phi) is 7.19. The Morgan fingerprint density at radius 2 is 1.81 bits per heavy atom. The summed E-state index contributed by atoms with van der Waals surface area (Å²) in [4.78, 5) is 27.1. The van der Waals surface area contributed by atoms with Crippen molar-refractivity contribution in [1.82, 2.24) is 10.2 Å². The van der Waals surface area contributed by atoms with Crippen LogP contribution in [-0.4, -0.2) is 50.4 Å². The number of carbonyl (C=O) groups excluding carboxylic acids is 2. The maximum Gasteiger partial charge on any atom is 0.240 e. The Hall–Kier alpha value is -1.59. The molecule has 0 aliphatic rings. The van der Waals surface area contributed by atoms with Gasteiger partial charge in [-0.1, -0.05) is 11.6 Å². The van der Waals surface area contributed by atoms with Crippen LogP contribution < -0.4 is 10.2 Å². The SMILES string of the molecule is CC(=O)N(CC(=O)NCCCN(C)C)c1ccc(Cl)cc1. The Bertz CT molecular complexity index is 474. The molecule has 0 bridgehead atoms. The van der Waals surface area contributed by atoms with Crippen LogP contribution in [-0.2, 0) is 9.59 Å². The molecule has 0 saturated heterocycles. The largest absolute Gasteiger partial charge is 0.355 e. The van der Waals surface area contributed by atoms with E-state index in [-0.39, 0.29) is 18.4 Å². The van der Waals surface area contributed by atoms with Crippen molar-refractivity contribution in [2.75, 3.05) is 38.6 Å². The van der Waals surface area contributed by atoms with Crippen LogP contribution >= 0.6 is 11.6 Å². The van der Waals surface area contributed by atoms with E-state index in [9.17, 15) is 9.59 Å². The van der Waals surface area contributed by atoms with Crippen molar-refractivity contribution in [1.29, 1.82) is 0 Å². The van der Waals surface area contributed by atoms with Crippen molar-refractivity contribution in [3.8, 4) is 0 Å². The highest BCUT2D eigenvalue weighted by molar-refractivity contribution is 6.30. The minimum atomic E-state index is -0.180. The number of benzene rings is 1. The van der Waals surface area contributed by atoms with Gasteiger partial charge in [0, 0.05) is 24.2 Å². The summed E-state index contributed by atoms with van der Waals surface area (Å²) in [6.07, 6.45) is 0.875. The number of hydrogen-bond acceptors (Lipinski definition) is 3. The minimum Gasteiger partial charge on any atom is -0.355 e. The fourth-order valence-corrected chi connectivity index (χ4v) is 1.95. The lowest BCUT2D eigenvalue weighted by atomic mass is 10.2. The molecule has 1 N–H and O–H groups in total. The van der Waals surface area contributed by atoms with Crippen molar-refractivity contribution in [3.63, 3.8) is 0 Å². The van der Waals surface area contributed by atoms with Gasteiger partial charge in [-0.25, -0.2) is 0 Å². The van der Waals surface area contributed by atoms with Crippen LogP contribution in [0.1, 0.15) is 13.3 Å². The molecule has 6 heteroatoms. The average molecular weight is 312 g/mol. The van der Waals surface area contributed by atoms with E-state index in [0.29, 0.717) is 17.3 Å². The molecule has 0 fully saturated rings. The third-order valence-corrected chi connectivity index (χ3v) is 3.18. The third-order valence-electron chi connectivity index (χ3n) is 2.92. The van der Waals surface area contributed by atoms with Gasteiger partial charge < -0.3 is 15.1 Å². The number of anilines is 1. The van der Waals surface area contributed by atoms with Crippen molar-refractivity contribution in [2.45, 2.75) is 13.3 Å². The lowest BCUT2D eigenvalue weighted by molar-refractivity contribution is -0.123. The van der Waals surface area contributed by atoms with Crippen molar-refractivity contribution < 1.29 is 9.59 Å². The van der Waals surface area contributed by atoms with Gasteiger partial charge in [0.1, 0.15) is 6.54 Å². The predicted octanol–water partition coefficient (Wildman–Crippen LogP) is 1.76. The molecule has 0 atom stereocenters. The Morgan fingerprint density at radius 1 is 1.19 bits per heavy atom. The van der Waals surface area contributed by atoms with Crippen LogP contribution in [0.2, 0.25) is 5.02 Å². The van der Waals surface area contributed by atoms with Crippen LogP contribution in [0.3, 0.4) is 0 Å². The van der Waals surface area contributed by atoms with Gasteiger partial charge >= 0.3 is 0 Å². The molecule has 0 saturated carbocycles. The van der Waals surface area contributed by atoms with E-state index in [1.165, 1.54) is 11.8 Å². The molecule has 0 aliphatic heterocycles. The zero-order valence-electron chi connectivity index (χ0n) is 12.7. The van der Waals surface area contributed by atoms with Crippen LogP contribution in [0, 0.1) is 0 Å². The van der Waals surface area contributed by atoms with Crippen molar-refractivity contribution in [2.24, 2.45) is 0 Å². The highest BCUT2D eigenvalue weighted by Gasteiger charge is 2.15. The highest BCUT2D eigenvalue weighted by atomic mass is 35.5. The van der Waals surface area contributed by atoms with Gasteiger partial charge in [-0.05, 0) is 51.3 Å². The summed E-state index contributed by atoms with van der Waals surface area (Å²) in [6, 6.07) is 6.84. The second-order valence-corrected chi connectivity index (χ2v) is 5.52. The van der Waals surface area contributed by atoms with E-state index in [1.54, 1.807) is 24.3 Å². The van der Waals surface area contributed by atoms with E-state index in [2.05, 4.69) is 10.2 Å². The summed E-state index contributed by atoms with van der Waals surface area (Å²) < 4.78 is 0. The van der Waals surface area contributed by atoms with E-state index in [4.69, 9.17) is 11.6 Å². The van der Waals surface area contributed by atoms with Gasteiger partial charge in [0.2, 0.25) is 11.8 Å². The van der Waals surface area contributed by atoms with Crippen LogP contribution in [0.4, 0.5) is 5.69 Å². The zero-order chi connectivity index (χ0) is 15.8. The predicted molar refractivity (Wildman–Crippen MR) is 85.7 cm³/mol. The highest BCUT2D eigenvalue weighted by Crippen LogP contribution is 2.17. The van der Waals surface area contributed by atoms with Crippen molar-refractivity contribution >= 4 is 29.1 Å². The topological polar surface area (TPSA) is 52.7 Å². The van der Waals surface area contributed by atoms with Gasteiger partial charge in [-0.2, -0.15) is 0 Å². The van der Waals surface area contributed by atoms with E-state index < -0.39 is 0 Å². The zero-order valence-corrected chi connectivity index (χ0v) is 13.5. The summed E-state index contributed by atoms with van der Waals surface area (Å²) in [5, 5.41) is 3.41. The first-order valence-electron chi connectivity index (χ1n) is 6.85. The molecule has 0 unspecified atom stereocenters. The molecule has 1 rings (SSSR count). The number of halogens is 1. The quantitative estimate of drug-likeness (QED) is 0.781. The monoisotopic (exact) mass is 311 g/mol. The number of rotatable bonds is 7. The number of amides is 2. The molecular formula is C15H22ClN3O2. The Balaban J connectivity index is 2.53. The van der Waals surface area contributed by atoms with E-state index >= 15 is 0 Å². The summed E-state index contributed by atoms with van der Waals surface area (Å²) >= 11 is 5.82. The summed E-state index contributed by atoms with van der Waals surface area (Å²) in [5.74, 6) is -0.348. The van der Waals surface area contributed by atoms with Crippen LogP contribution in [0.25, 0.3) is 0 Å². The van der Waals surface area contributed by atoms with E-state index in [1.807, 2.05) is 14.1 Å². The minimum absolute atomic E-state index is 0.0128. The molecule has 2 amide bonds. The lowest BCUT2D eigenvalue weighted by Gasteiger charge is -2.21. The first kappa shape index (κ1) is 17.5. The van der Waals surface area contributed by atoms with Gasteiger partial charge in [0.15, 0.2) is 0 Å². The van der Waals surface area contributed by atoms with Crippen LogP contribution in [0.5, 0.6) is 0 Å². The normalized spacial score (nSPS) is 10.5. The molecule has 0 heterocycles. The number of hydrogen-bond donors (Lipinski definition) is 1. The smallest absolute Gasteiger partial charge is 0.240 e. The van der Waals surface area contributed by atoms with E-state index in [0.717, 1.165) is 13.0 Å². The molecule has 0 spiro atoms. The molecule has 1 aromatic carbocycles. The maximum atomic E-state index is 11.9. The summed E-state index contributed by atoms with van der Waals surface area (Å²) in [7, 11) is 3.97. The summed E-state index contributed by atoms with van der Waals surface area (Å²) in [6.45, 7) is 2.96. The molecule has 0 aliphatic carbocycles. The number of carbonyl (C=O) groups is 2. The van der Waals surface area contributed by atoms with Gasteiger partial charge in [0.05, 0.1) is 0 Å². The molecule has 21 heavy (non-hydrogen) atoms. The third kappa shape index (κ3) is 6.60. The maximum absolute atomic E-state index is 11.9. The molecule has 0 aromatic heterocycles. The van der Waals surface area contributed by atoms with Gasteiger partial charge in [0.25, 0.3) is 0 Å². The molecule has 0 radical (unpaired) electrons. The number of nitrogens with zero attached hydrogens (tertiary/aromatic N) is 2. The van der Waals surface area contributed by atoms with Gasteiger partial charge in [-0.15, -0.1) is 0 Å². The number of nitrogens with one attached hydrogen (secondary N) is 1. The van der Waals surface area contributed by atoms with Crippen molar-refractivity contribution in [3.05, 3.63) is 29.3 Å². The molecule has 5 nitrogen and oxygen atoms in total. The first-order chi connectivity index (χ1) is 9.90. The van der Waals surface area contributed by atoms with Crippen LogP contribution in [0.15, 0.2) is 24.3 Å². The summed E-state index contributed by atoms with van der Waals surface area (Å²) in [5.41, 5.74) is 0.662. The molecular weight excluding hydrogens is 290 g/mol. The fraction of sp³-hybridized carbons (Fsp3) is 0.467. The standard InChI is InChI=1S/C15H22ClN3O2/c1-12(20)19(14-7-5-13(16)6-8-14)11-15(21)17-9-4-10-18(2)3/h5-8H,4,9-11H2,1-3H3,(H,17,21).